The Hall–Kier alpha value is -2.55. The van der Waals surface area contributed by atoms with Crippen LogP contribution in [0, 0.1) is 0 Å². The van der Waals surface area contributed by atoms with Gasteiger partial charge in [0.05, 0.1) is 27.7 Å². The number of hydrogen-bond acceptors (Lipinski definition) is 8. The minimum absolute atomic E-state index is 0.0313. The highest BCUT2D eigenvalue weighted by Gasteiger charge is 2.21. The monoisotopic (exact) mass is 932 g/mol. The predicted octanol–water partition coefficient (Wildman–Crippen LogP) is 15.1. The first kappa shape index (κ1) is 62.4. The van der Waals surface area contributed by atoms with Crippen molar-refractivity contribution in [1.29, 1.82) is 0 Å². The van der Waals surface area contributed by atoms with E-state index in [0.29, 0.717) is 17.4 Å². The normalized spacial score (nSPS) is 14.0. The maximum absolute atomic E-state index is 12.7. The Morgan fingerprint density at radius 1 is 0.492 bits per heavy atom. The minimum Gasteiger partial charge on any atom is -0.756 e. The van der Waals surface area contributed by atoms with Crippen LogP contribution in [0.4, 0.5) is 0 Å². The standard InChI is InChI=1S/C55H98NO8P/c1-6-8-10-12-14-15-16-17-18-19-20-21-22-23-24-25-26-27-28-29-30-31-32-33-34-35-36-37-38-39-40-41-42-44-46-48-55(58)64-53(51-61-54(57)47-45-43-13-11-9-7-2)52-63-65(59,60)62-50-49-56(3,4)5/h8,10,14-15,17-18,20-21,23-24,26-27,53H,6-7,9,11-13,16,19,22,25,28-52H2,1-5H3/b10-8-,15-14-,18-17-,21-20-,24-23-,27-26-. The van der Waals surface area contributed by atoms with Gasteiger partial charge in [-0.05, 0) is 64.2 Å². The second-order valence-corrected chi connectivity index (χ2v) is 19.9. The molecule has 0 amide bonds. The molecule has 0 saturated carbocycles. The number of unbranched alkanes of at least 4 members (excludes halogenated alkanes) is 21. The van der Waals surface area contributed by atoms with Gasteiger partial charge in [-0.15, -0.1) is 0 Å². The molecule has 0 saturated heterocycles. The largest absolute Gasteiger partial charge is 0.756 e. The molecule has 0 aliphatic carbocycles. The molecular formula is C55H98NO8P. The van der Waals surface area contributed by atoms with Crippen LogP contribution in [0.15, 0.2) is 72.9 Å². The number of quaternary nitrogens is 1. The topological polar surface area (TPSA) is 111 Å². The van der Waals surface area contributed by atoms with Gasteiger partial charge in [0.2, 0.25) is 0 Å². The van der Waals surface area contributed by atoms with E-state index in [0.717, 1.165) is 89.9 Å². The van der Waals surface area contributed by atoms with Crippen LogP contribution in [0.3, 0.4) is 0 Å². The highest BCUT2D eigenvalue weighted by Crippen LogP contribution is 2.38. The van der Waals surface area contributed by atoms with Crippen molar-refractivity contribution in [3.8, 4) is 0 Å². The molecule has 2 unspecified atom stereocenters. The molecule has 0 bridgehead atoms. The van der Waals surface area contributed by atoms with Gasteiger partial charge in [-0.2, -0.15) is 0 Å². The SMILES string of the molecule is CC/C=C\C/C=C\C/C=C\C/C=C\C/C=C\C/C=C\CCCCCCCCCCCCCCCCCCC(=O)OC(COC(=O)CCCCCCCC)COP(=O)([O-])OCC[N+](C)(C)C. The molecular weight excluding hydrogens is 834 g/mol. The van der Waals surface area contributed by atoms with Crippen LogP contribution in [0.5, 0.6) is 0 Å². The molecule has 0 aromatic carbocycles. The van der Waals surface area contributed by atoms with E-state index in [2.05, 4.69) is 86.8 Å². The van der Waals surface area contributed by atoms with Gasteiger partial charge < -0.3 is 27.9 Å². The Kier molecular flexibility index (Phi) is 44.7. The number of nitrogens with zero attached hydrogens (tertiary/aromatic N) is 1. The number of phosphoric ester groups is 1. The van der Waals surface area contributed by atoms with Gasteiger partial charge in [0.15, 0.2) is 6.10 Å². The first-order valence-electron chi connectivity index (χ1n) is 26.1. The smallest absolute Gasteiger partial charge is 0.306 e. The highest BCUT2D eigenvalue weighted by molar-refractivity contribution is 7.45. The Bertz CT molecular complexity index is 1330. The molecule has 9 nitrogen and oxygen atoms in total. The van der Waals surface area contributed by atoms with Crippen molar-refractivity contribution in [3.05, 3.63) is 72.9 Å². The van der Waals surface area contributed by atoms with Crippen LogP contribution in [0.1, 0.15) is 213 Å². The van der Waals surface area contributed by atoms with Crippen molar-refractivity contribution >= 4 is 19.8 Å². The molecule has 10 heteroatoms. The summed E-state index contributed by atoms with van der Waals surface area (Å²) in [7, 11) is 1.16. The molecule has 0 aliphatic heterocycles. The molecule has 2 atom stereocenters. The molecule has 0 aromatic rings. The number of esters is 2. The molecule has 65 heavy (non-hydrogen) atoms. The maximum atomic E-state index is 12.7. The lowest BCUT2D eigenvalue weighted by atomic mass is 10.0. The first-order chi connectivity index (χ1) is 31.5. The zero-order chi connectivity index (χ0) is 47.8. The van der Waals surface area contributed by atoms with E-state index in [4.69, 9.17) is 18.5 Å². The fraction of sp³-hybridized carbons (Fsp3) is 0.745. The lowest BCUT2D eigenvalue weighted by molar-refractivity contribution is -0.870. The quantitative estimate of drug-likeness (QED) is 0.0195. The zero-order valence-electron chi connectivity index (χ0n) is 42.4. The van der Waals surface area contributed by atoms with E-state index in [1.54, 1.807) is 0 Å². The van der Waals surface area contributed by atoms with Crippen molar-refractivity contribution in [2.24, 2.45) is 0 Å². The number of carbonyl (C=O) groups excluding carboxylic acids is 2. The van der Waals surface area contributed by atoms with E-state index < -0.39 is 32.5 Å². The van der Waals surface area contributed by atoms with Gasteiger partial charge in [0, 0.05) is 12.8 Å². The summed E-state index contributed by atoms with van der Waals surface area (Å²) in [4.78, 5) is 37.4. The van der Waals surface area contributed by atoms with Crippen molar-refractivity contribution in [1.82, 2.24) is 0 Å². The number of likely N-dealkylation sites (N-methyl/N-ethyl adjacent to an activating group) is 1. The number of rotatable bonds is 47. The summed E-state index contributed by atoms with van der Waals surface area (Å²) in [5.74, 6) is -0.842. The van der Waals surface area contributed by atoms with Crippen LogP contribution in [-0.4, -0.2) is 70.0 Å². The van der Waals surface area contributed by atoms with Crippen LogP contribution in [-0.2, 0) is 32.7 Å². The van der Waals surface area contributed by atoms with Crippen molar-refractivity contribution < 1.29 is 42.1 Å². The fourth-order valence-electron chi connectivity index (χ4n) is 6.95. The van der Waals surface area contributed by atoms with Gasteiger partial charge >= 0.3 is 11.9 Å². The summed E-state index contributed by atoms with van der Waals surface area (Å²) >= 11 is 0. The third kappa shape index (κ3) is 50.7. The third-order valence-electron chi connectivity index (χ3n) is 11.0. The number of ether oxygens (including phenoxy) is 2. The number of carbonyl (C=O) groups is 2. The van der Waals surface area contributed by atoms with E-state index in [-0.39, 0.29) is 26.1 Å². The molecule has 0 aliphatic rings. The highest BCUT2D eigenvalue weighted by atomic mass is 31.2. The second kappa shape index (κ2) is 46.6. The molecule has 0 heterocycles. The fourth-order valence-corrected chi connectivity index (χ4v) is 7.68. The van der Waals surface area contributed by atoms with Crippen LogP contribution < -0.4 is 4.89 Å². The van der Waals surface area contributed by atoms with Crippen LogP contribution in [0.2, 0.25) is 0 Å². The number of phosphoric acid groups is 1. The van der Waals surface area contributed by atoms with Gasteiger partial charge in [0.25, 0.3) is 7.82 Å². The Labute approximate surface area is 399 Å². The summed E-state index contributed by atoms with van der Waals surface area (Å²) < 4.78 is 33.8. The molecule has 0 aromatic heterocycles. The van der Waals surface area contributed by atoms with Crippen LogP contribution in [0.25, 0.3) is 0 Å². The van der Waals surface area contributed by atoms with Gasteiger partial charge in [-0.25, -0.2) is 0 Å². The Morgan fingerprint density at radius 3 is 1.31 bits per heavy atom. The molecule has 0 radical (unpaired) electrons. The van der Waals surface area contributed by atoms with Gasteiger partial charge in [-0.3, -0.25) is 14.2 Å². The van der Waals surface area contributed by atoms with E-state index in [9.17, 15) is 19.0 Å². The summed E-state index contributed by atoms with van der Waals surface area (Å²) in [6.45, 7) is 4.04. The maximum Gasteiger partial charge on any atom is 0.306 e. The van der Waals surface area contributed by atoms with Crippen molar-refractivity contribution in [2.45, 2.75) is 219 Å². The molecule has 0 rings (SSSR count). The summed E-state index contributed by atoms with van der Waals surface area (Å²) in [5, 5.41) is 0. The van der Waals surface area contributed by atoms with E-state index >= 15 is 0 Å². The average Bonchev–Trinajstić information content (AvgIpc) is 3.26. The molecule has 0 N–H and O–H groups in total. The Morgan fingerprint density at radius 2 is 0.877 bits per heavy atom. The summed E-state index contributed by atoms with van der Waals surface area (Å²) in [6, 6.07) is 0. The van der Waals surface area contributed by atoms with Gasteiger partial charge in [-0.1, -0.05) is 209 Å². The van der Waals surface area contributed by atoms with Crippen LogP contribution >= 0.6 is 7.82 Å². The molecule has 0 fully saturated rings. The summed E-state index contributed by atoms with van der Waals surface area (Å²) in [6.07, 6.45) is 59.9. The summed E-state index contributed by atoms with van der Waals surface area (Å²) in [5.41, 5.74) is 0. The lowest BCUT2D eigenvalue weighted by Crippen LogP contribution is -2.37. The Balaban J connectivity index is 3.91. The number of hydrogen-bond donors (Lipinski definition) is 0. The lowest BCUT2D eigenvalue weighted by Gasteiger charge is -2.28. The first-order valence-corrected chi connectivity index (χ1v) is 27.6. The molecule has 376 valence electrons. The third-order valence-corrected chi connectivity index (χ3v) is 12.0. The van der Waals surface area contributed by atoms with E-state index in [1.807, 2.05) is 21.1 Å². The van der Waals surface area contributed by atoms with Crippen molar-refractivity contribution in [3.63, 3.8) is 0 Å². The van der Waals surface area contributed by atoms with E-state index in [1.165, 1.54) is 89.9 Å². The minimum atomic E-state index is -4.62. The van der Waals surface area contributed by atoms with Crippen molar-refractivity contribution in [2.75, 3.05) is 47.5 Å². The van der Waals surface area contributed by atoms with Gasteiger partial charge in [0.1, 0.15) is 19.8 Å². The molecule has 0 spiro atoms. The number of allylic oxidation sites excluding steroid dienone is 12. The zero-order valence-corrected chi connectivity index (χ0v) is 43.3. The average molecular weight is 932 g/mol. The second-order valence-electron chi connectivity index (χ2n) is 18.5. The predicted molar refractivity (Wildman–Crippen MR) is 273 cm³/mol.